The monoisotopic (exact) mass is 626 g/mol. The van der Waals surface area contributed by atoms with Crippen LogP contribution in [0.2, 0.25) is 15.1 Å². The lowest BCUT2D eigenvalue weighted by molar-refractivity contribution is -0.139. The summed E-state index contributed by atoms with van der Waals surface area (Å²) < 4.78 is 13.4. The summed E-state index contributed by atoms with van der Waals surface area (Å²) in [6.07, 6.45) is 1.73. The second-order valence-electron chi connectivity index (χ2n) is 9.42. The molecule has 2 heterocycles. The molecule has 5 rings (SSSR count). The minimum Gasteiger partial charge on any atom is -0.488 e. The van der Waals surface area contributed by atoms with Crippen molar-refractivity contribution in [3.05, 3.63) is 129 Å². The number of allylic oxidation sites excluding steroid dienone is 1. The third kappa shape index (κ3) is 6.14. The molecule has 0 amide bonds. The van der Waals surface area contributed by atoms with Crippen molar-refractivity contribution in [3.8, 4) is 5.75 Å². The fourth-order valence-electron chi connectivity index (χ4n) is 4.55. The van der Waals surface area contributed by atoms with E-state index in [1.807, 2.05) is 31.2 Å². The first-order chi connectivity index (χ1) is 19.7. The fraction of sp³-hybridized carbons (Fsp3) is 0.194. The summed E-state index contributed by atoms with van der Waals surface area (Å²) in [6, 6.07) is 17.4. The van der Waals surface area contributed by atoms with Gasteiger partial charge >= 0.3 is 5.97 Å². The molecule has 1 aromatic heterocycles. The number of rotatable bonds is 7. The zero-order valence-corrected chi connectivity index (χ0v) is 25.5. The number of carbonyl (C=O) groups excluding carboxylic acids is 1. The highest BCUT2D eigenvalue weighted by Crippen LogP contribution is 2.31. The third-order valence-electron chi connectivity index (χ3n) is 6.57. The molecule has 10 heteroatoms. The quantitative estimate of drug-likeness (QED) is 0.215. The average Bonchev–Trinajstić information content (AvgIpc) is 3.23. The van der Waals surface area contributed by atoms with Gasteiger partial charge in [0.25, 0.3) is 5.56 Å². The molecule has 0 aliphatic carbocycles. The van der Waals surface area contributed by atoms with Crippen molar-refractivity contribution in [2.45, 2.75) is 33.4 Å². The Hall–Kier alpha value is -3.36. The second-order valence-corrected chi connectivity index (χ2v) is 11.7. The van der Waals surface area contributed by atoms with E-state index < -0.39 is 12.0 Å². The molecule has 1 aliphatic rings. The number of thiazole rings is 1. The third-order valence-corrected chi connectivity index (χ3v) is 8.37. The molecule has 0 spiro atoms. The van der Waals surface area contributed by atoms with E-state index in [9.17, 15) is 9.59 Å². The average molecular weight is 628 g/mol. The van der Waals surface area contributed by atoms with Gasteiger partial charge in [-0.05, 0) is 62.7 Å². The van der Waals surface area contributed by atoms with E-state index in [-0.39, 0.29) is 18.8 Å². The maximum Gasteiger partial charge on any atom is 0.338 e. The minimum absolute atomic E-state index is 0.190. The van der Waals surface area contributed by atoms with Gasteiger partial charge in [0.15, 0.2) is 4.80 Å². The molecule has 3 aromatic carbocycles. The molecular weight excluding hydrogens is 603 g/mol. The highest BCUT2D eigenvalue weighted by molar-refractivity contribution is 7.07. The van der Waals surface area contributed by atoms with Crippen LogP contribution in [0, 0.1) is 6.92 Å². The van der Waals surface area contributed by atoms with Crippen LogP contribution < -0.4 is 19.6 Å². The lowest BCUT2D eigenvalue weighted by Crippen LogP contribution is -2.39. The normalized spacial score (nSPS) is 15.0. The molecule has 0 unspecified atom stereocenters. The van der Waals surface area contributed by atoms with E-state index in [0.29, 0.717) is 47.0 Å². The van der Waals surface area contributed by atoms with Crippen LogP contribution in [0.3, 0.4) is 0 Å². The van der Waals surface area contributed by atoms with Gasteiger partial charge in [-0.3, -0.25) is 9.36 Å². The maximum absolute atomic E-state index is 14.0. The Morgan fingerprint density at radius 3 is 2.44 bits per heavy atom. The maximum atomic E-state index is 14.0. The van der Waals surface area contributed by atoms with Crippen molar-refractivity contribution in [2.75, 3.05) is 6.61 Å². The van der Waals surface area contributed by atoms with Crippen LogP contribution in [0.15, 0.2) is 81.7 Å². The van der Waals surface area contributed by atoms with Crippen molar-refractivity contribution in [3.63, 3.8) is 0 Å². The summed E-state index contributed by atoms with van der Waals surface area (Å²) in [5.41, 5.74) is 3.77. The Bertz CT molecular complexity index is 1860. The van der Waals surface area contributed by atoms with Gasteiger partial charge in [0, 0.05) is 26.2 Å². The van der Waals surface area contributed by atoms with Crippen LogP contribution in [0.5, 0.6) is 5.75 Å². The van der Waals surface area contributed by atoms with E-state index in [0.717, 1.165) is 16.7 Å². The number of hydrogen-bond acceptors (Lipinski definition) is 6. The second kappa shape index (κ2) is 12.2. The highest BCUT2D eigenvalue weighted by atomic mass is 35.5. The molecule has 6 nitrogen and oxygen atoms in total. The van der Waals surface area contributed by atoms with Crippen molar-refractivity contribution in [1.82, 2.24) is 4.57 Å². The number of aryl methyl sites for hydroxylation is 1. The molecule has 1 aliphatic heterocycles. The van der Waals surface area contributed by atoms with Crippen LogP contribution in [0.4, 0.5) is 0 Å². The number of halogens is 3. The Balaban J connectivity index is 1.61. The lowest BCUT2D eigenvalue weighted by atomic mass is 9.95. The molecule has 0 radical (unpaired) electrons. The topological polar surface area (TPSA) is 69.9 Å². The molecule has 0 fully saturated rings. The van der Waals surface area contributed by atoms with Crippen molar-refractivity contribution >= 4 is 58.2 Å². The van der Waals surface area contributed by atoms with Crippen molar-refractivity contribution < 1.29 is 14.3 Å². The smallest absolute Gasteiger partial charge is 0.338 e. The lowest BCUT2D eigenvalue weighted by Gasteiger charge is -2.24. The fourth-order valence-corrected chi connectivity index (χ4v) is 6.24. The summed E-state index contributed by atoms with van der Waals surface area (Å²) in [7, 11) is 0. The Morgan fingerprint density at radius 2 is 1.73 bits per heavy atom. The molecule has 210 valence electrons. The Kier molecular flexibility index (Phi) is 8.71. The highest BCUT2D eigenvalue weighted by Gasteiger charge is 2.33. The predicted octanol–water partition coefficient (Wildman–Crippen LogP) is 6.65. The number of ether oxygens (including phenoxy) is 2. The van der Waals surface area contributed by atoms with Gasteiger partial charge in [-0.2, -0.15) is 0 Å². The van der Waals surface area contributed by atoms with Gasteiger partial charge in [-0.25, -0.2) is 9.79 Å². The summed E-state index contributed by atoms with van der Waals surface area (Å²) in [6.45, 7) is 5.88. The van der Waals surface area contributed by atoms with Crippen LogP contribution in [0.25, 0.3) is 6.08 Å². The number of benzene rings is 3. The van der Waals surface area contributed by atoms with Gasteiger partial charge in [-0.15, -0.1) is 0 Å². The molecule has 41 heavy (non-hydrogen) atoms. The minimum atomic E-state index is -0.685. The van der Waals surface area contributed by atoms with Gasteiger partial charge in [0.2, 0.25) is 0 Å². The number of esters is 1. The number of fused-ring (bicyclic) bond motifs is 1. The first kappa shape index (κ1) is 29.1. The van der Waals surface area contributed by atoms with E-state index in [1.54, 1.807) is 60.9 Å². The zero-order chi connectivity index (χ0) is 29.3. The van der Waals surface area contributed by atoms with Crippen LogP contribution in [0.1, 0.15) is 42.1 Å². The Morgan fingerprint density at radius 1 is 1.02 bits per heavy atom. The van der Waals surface area contributed by atoms with E-state index in [4.69, 9.17) is 44.3 Å². The Labute approximate surface area is 255 Å². The number of aromatic nitrogens is 1. The van der Waals surface area contributed by atoms with Crippen LogP contribution in [-0.4, -0.2) is 17.1 Å². The van der Waals surface area contributed by atoms with E-state index in [2.05, 4.69) is 4.99 Å². The summed E-state index contributed by atoms with van der Waals surface area (Å²) in [4.78, 5) is 32.2. The van der Waals surface area contributed by atoms with Crippen molar-refractivity contribution in [2.24, 2.45) is 4.99 Å². The molecule has 1 atom stereocenters. The standard InChI is InChI=1S/C31H25Cl3N2O4S/c1-4-39-30(38)27-18(3)35-31-36(28(27)19-7-5-17(2)6-8-19)29(37)26(41-31)14-21-13-22(32)11-12-25(21)40-16-20-9-10-23(33)15-24(20)34/h5-15,28H,4,16H2,1-3H3/b26-14-/t28-/m0/s1. The zero-order valence-electron chi connectivity index (χ0n) is 22.4. The SMILES string of the molecule is CCOC(=O)C1=C(C)N=c2s/c(=C\c3cc(Cl)ccc3OCc3ccc(Cl)cc3Cl)c(=O)n2[C@H]1c1ccc(C)cc1. The van der Waals surface area contributed by atoms with Crippen LogP contribution >= 0.6 is 46.1 Å². The summed E-state index contributed by atoms with van der Waals surface area (Å²) >= 11 is 19.9. The molecule has 0 saturated carbocycles. The van der Waals surface area contributed by atoms with Crippen molar-refractivity contribution in [1.29, 1.82) is 0 Å². The predicted molar refractivity (Wildman–Crippen MR) is 164 cm³/mol. The molecule has 0 saturated heterocycles. The number of nitrogens with zero attached hydrogens (tertiary/aromatic N) is 2. The largest absolute Gasteiger partial charge is 0.488 e. The van der Waals surface area contributed by atoms with Gasteiger partial charge in [-0.1, -0.05) is 82.0 Å². The molecule has 4 aromatic rings. The van der Waals surface area contributed by atoms with Gasteiger partial charge in [0.05, 0.1) is 28.5 Å². The molecule has 0 bridgehead atoms. The van der Waals surface area contributed by atoms with Gasteiger partial charge < -0.3 is 9.47 Å². The first-order valence-corrected chi connectivity index (χ1v) is 14.7. The van der Waals surface area contributed by atoms with E-state index >= 15 is 0 Å². The number of carbonyl (C=O) groups is 1. The van der Waals surface area contributed by atoms with Crippen LogP contribution in [-0.2, 0) is 16.1 Å². The number of hydrogen-bond donors (Lipinski definition) is 0. The van der Waals surface area contributed by atoms with Gasteiger partial charge in [0.1, 0.15) is 12.4 Å². The summed E-state index contributed by atoms with van der Waals surface area (Å²) in [5.74, 6) is 0.0183. The first-order valence-electron chi connectivity index (χ1n) is 12.8. The van der Waals surface area contributed by atoms with E-state index in [1.165, 1.54) is 11.3 Å². The molecular formula is C31H25Cl3N2O4S. The molecule has 0 N–H and O–H groups in total. The summed E-state index contributed by atoms with van der Waals surface area (Å²) in [5, 5.41) is 1.51.